The molecule has 1 aliphatic heterocycles. The summed E-state index contributed by atoms with van der Waals surface area (Å²) < 4.78 is 6.40. The fourth-order valence-electron chi connectivity index (χ4n) is 3.78. The van der Waals surface area contributed by atoms with Crippen LogP contribution in [0.3, 0.4) is 0 Å². The van der Waals surface area contributed by atoms with Crippen LogP contribution in [0.25, 0.3) is 16.0 Å². The Morgan fingerprint density at radius 3 is 2.12 bits per heavy atom. The van der Waals surface area contributed by atoms with Gasteiger partial charge in [-0.1, -0.05) is 48.5 Å². The lowest BCUT2D eigenvalue weighted by Crippen LogP contribution is -2.26. The van der Waals surface area contributed by atoms with E-state index in [2.05, 4.69) is 23.0 Å². The predicted molar refractivity (Wildman–Crippen MR) is 91.4 cm³/mol. The zero-order valence-corrected chi connectivity index (χ0v) is 13.4. The normalized spacial score (nSPS) is 18.5. The van der Waals surface area contributed by atoms with E-state index in [1.165, 1.54) is 0 Å². The number of benzene rings is 2. The molecule has 4 rings (SSSR count). The molecule has 0 radical (unpaired) electrons. The molecule has 24 heavy (non-hydrogen) atoms. The van der Waals surface area contributed by atoms with Crippen molar-refractivity contribution >= 4 is 0 Å². The highest BCUT2D eigenvalue weighted by molar-refractivity contribution is 5.83. The molecule has 0 bridgehead atoms. The van der Waals surface area contributed by atoms with Crippen LogP contribution in [0.1, 0.15) is 25.0 Å². The molecule has 2 aromatic carbocycles. The summed E-state index contributed by atoms with van der Waals surface area (Å²) in [5.41, 5.74) is 5.21. The molecule has 0 unspecified atom stereocenters. The van der Waals surface area contributed by atoms with E-state index >= 15 is 0 Å². The highest BCUT2D eigenvalue weighted by atomic mass is 16.5. The molecule has 0 atom stereocenters. The van der Waals surface area contributed by atoms with Gasteiger partial charge in [-0.15, -0.1) is 0 Å². The first kappa shape index (κ1) is 14.3. The molecule has 0 aromatic heterocycles. The first-order chi connectivity index (χ1) is 11.6. The molecule has 0 fully saturated rings. The van der Waals surface area contributed by atoms with Crippen LogP contribution in [0.15, 0.2) is 71.1 Å². The van der Waals surface area contributed by atoms with E-state index in [9.17, 15) is 5.26 Å². The van der Waals surface area contributed by atoms with E-state index in [0.29, 0.717) is 17.0 Å². The van der Waals surface area contributed by atoms with Crippen LogP contribution < -0.4 is 0 Å². The summed E-state index contributed by atoms with van der Waals surface area (Å²) in [4.78, 5) is 3.49. The van der Waals surface area contributed by atoms with Crippen molar-refractivity contribution in [3.8, 4) is 17.2 Å². The van der Waals surface area contributed by atoms with Gasteiger partial charge in [0.25, 0.3) is 0 Å². The van der Waals surface area contributed by atoms with Gasteiger partial charge in [0.2, 0.25) is 5.70 Å². The number of ether oxygens (including phenoxy) is 1. The second kappa shape index (κ2) is 4.85. The van der Waals surface area contributed by atoms with E-state index in [1.54, 1.807) is 6.92 Å². The van der Waals surface area contributed by atoms with E-state index in [-0.39, 0.29) is 0 Å². The third kappa shape index (κ3) is 1.54. The van der Waals surface area contributed by atoms with E-state index in [0.717, 1.165) is 27.8 Å². The van der Waals surface area contributed by atoms with Crippen molar-refractivity contribution < 1.29 is 4.74 Å². The molecule has 0 saturated carbocycles. The predicted octanol–water partition coefficient (Wildman–Crippen LogP) is 4.93. The van der Waals surface area contributed by atoms with Gasteiger partial charge in [-0.3, -0.25) is 0 Å². The Hall–Kier alpha value is -3.30. The number of hydrogen-bond donors (Lipinski definition) is 0. The summed E-state index contributed by atoms with van der Waals surface area (Å²) in [6.45, 7) is 10.9. The summed E-state index contributed by atoms with van der Waals surface area (Å²) in [5.74, 6) is 0.400. The van der Waals surface area contributed by atoms with Crippen molar-refractivity contribution in [3.63, 3.8) is 0 Å². The Bertz CT molecular complexity index is 983. The molecular formula is C21H14N2O. The fraction of sp³-hybridized carbons (Fsp3) is 0.143. The molecule has 3 nitrogen and oxygen atoms in total. The Labute approximate surface area is 140 Å². The van der Waals surface area contributed by atoms with Gasteiger partial charge in [0.1, 0.15) is 11.8 Å². The van der Waals surface area contributed by atoms with Crippen LogP contribution in [-0.2, 0) is 10.3 Å². The third-order valence-electron chi connectivity index (χ3n) is 4.90. The summed E-state index contributed by atoms with van der Waals surface area (Å²) in [6, 6.07) is 18.5. The van der Waals surface area contributed by atoms with Gasteiger partial charge >= 0.3 is 0 Å². The Kier molecular flexibility index (Phi) is 2.89. The lowest BCUT2D eigenvalue weighted by molar-refractivity contribution is 0.0968. The van der Waals surface area contributed by atoms with Gasteiger partial charge in [0.05, 0.1) is 12.1 Å². The minimum absolute atomic E-state index is 0.400. The van der Waals surface area contributed by atoms with Crippen molar-refractivity contribution in [2.45, 2.75) is 19.4 Å². The Balaban J connectivity index is 2.13. The van der Waals surface area contributed by atoms with Crippen LogP contribution in [0.2, 0.25) is 0 Å². The number of allylic oxidation sites excluding steroid dienone is 2. The first-order valence-electron chi connectivity index (χ1n) is 7.73. The average molecular weight is 310 g/mol. The number of rotatable bonds is 0. The quantitative estimate of drug-likeness (QED) is 0.647. The van der Waals surface area contributed by atoms with Crippen molar-refractivity contribution in [2.75, 3.05) is 0 Å². The summed E-state index contributed by atoms with van der Waals surface area (Å²) in [7, 11) is 0. The van der Waals surface area contributed by atoms with Gasteiger partial charge < -0.3 is 4.74 Å². The van der Waals surface area contributed by atoms with Gasteiger partial charge in [-0.2, -0.15) is 5.26 Å². The van der Waals surface area contributed by atoms with Gasteiger partial charge in [0, 0.05) is 11.1 Å². The van der Waals surface area contributed by atoms with Crippen LogP contribution >= 0.6 is 0 Å². The zero-order valence-electron chi connectivity index (χ0n) is 13.4. The zero-order chi connectivity index (χ0) is 16.9. The molecule has 0 N–H and O–H groups in total. The smallest absolute Gasteiger partial charge is 0.204 e. The monoisotopic (exact) mass is 310 g/mol. The van der Waals surface area contributed by atoms with Crippen LogP contribution in [-0.4, -0.2) is 0 Å². The lowest BCUT2D eigenvalue weighted by atomic mass is 9.84. The minimum atomic E-state index is -0.806. The molecule has 2 aromatic rings. The van der Waals surface area contributed by atoms with Gasteiger partial charge in [-0.05, 0) is 30.5 Å². The molecule has 3 heteroatoms. The molecule has 1 heterocycles. The maximum Gasteiger partial charge on any atom is 0.204 e. The maximum atomic E-state index is 9.67. The molecule has 0 saturated heterocycles. The Morgan fingerprint density at radius 2 is 1.62 bits per heavy atom. The third-order valence-corrected chi connectivity index (χ3v) is 4.90. The topological polar surface area (TPSA) is 37.4 Å². The van der Waals surface area contributed by atoms with Crippen molar-refractivity contribution in [3.05, 3.63) is 93.7 Å². The number of fused-ring (bicyclic) bond motifs is 5. The fourth-order valence-corrected chi connectivity index (χ4v) is 3.78. The van der Waals surface area contributed by atoms with Crippen LogP contribution in [0.4, 0.5) is 0 Å². The standard InChI is InChI=1S/C21H14N2O/c1-13-17(12-22)20(14(2)23-3)24-21(13)18-10-6-4-8-15(18)16-9-5-7-11-19(16)21/h4-11H,1-2H3/b20-14-. The van der Waals surface area contributed by atoms with E-state index in [4.69, 9.17) is 11.3 Å². The number of nitriles is 1. The molecule has 1 aliphatic carbocycles. The average Bonchev–Trinajstić information content (AvgIpc) is 3.09. The van der Waals surface area contributed by atoms with Gasteiger partial charge in [0.15, 0.2) is 5.60 Å². The SMILES string of the molecule is [C-]#[N+]/C(C)=C1\OC2(C(C)=C1C#N)c1ccccc1-c1ccccc12. The summed E-state index contributed by atoms with van der Waals surface area (Å²) >= 11 is 0. The molecule has 0 amide bonds. The van der Waals surface area contributed by atoms with Crippen molar-refractivity contribution in [1.82, 2.24) is 0 Å². The van der Waals surface area contributed by atoms with E-state index in [1.807, 2.05) is 43.3 Å². The highest BCUT2D eigenvalue weighted by Gasteiger charge is 2.52. The first-order valence-corrected chi connectivity index (χ1v) is 7.73. The molecular weight excluding hydrogens is 296 g/mol. The lowest BCUT2D eigenvalue weighted by Gasteiger charge is -2.29. The summed E-state index contributed by atoms with van der Waals surface area (Å²) in [6.07, 6.45) is 0. The minimum Gasteiger partial charge on any atom is -0.483 e. The van der Waals surface area contributed by atoms with E-state index < -0.39 is 5.60 Å². The molecule has 2 aliphatic rings. The second-order valence-electron chi connectivity index (χ2n) is 6.01. The van der Waals surface area contributed by atoms with Crippen LogP contribution in [0, 0.1) is 17.9 Å². The second-order valence-corrected chi connectivity index (χ2v) is 6.01. The number of nitrogens with zero attached hydrogens (tertiary/aromatic N) is 2. The molecule has 114 valence electrons. The summed E-state index contributed by atoms with van der Waals surface area (Å²) in [5, 5.41) is 9.67. The number of hydrogen-bond acceptors (Lipinski definition) is 2. The maximum absolute atomic E-state index is 9.67. The van der Waals surface area contributed by atoms with Crippen molar-refractivity contribution in [2.24, 2.45) is 0 Å². The Morgan fingerprint density at radius 1 is 1.08 bits per heavy atom. The van der Waals surface area contributed by atoms with Gasteiger partial charge in [-0.25, -0.2) is 4.85 Å². The van der Waals surface area contributed by atoms with Crippen molar-refractivity contribution in [1.29, 1.82) is 5.26 Å². The largest absolute Gasteiger partial charge is 0.483 e. The van der Waals surface area contributed by atoms with Crippen LogP contribution in [0.5, 0.6) is 0 Å². The molecule has 1 spiro atoms. The highest BCUT2D eigenvalue weighted by Crippen LogP contribution is 2.58.